The molecule has 0 saturated carbocycles. The van der Waals surface area contributed by atoms with Crippen molar-refractivity contribution >= 4 is 38.9 Å². The van der Waals surface area contributed by atoms with Crippen LogP contribution in [0.1, 0.15) is 44.5 Å². The van der Waals surface area contributed by atoms with E-state index in [2.05, 4.69) is 20.9 Å². The van der Waals surface area contributed by atoms with Crippen LogP contribution in [0, 0.1) is 5.92 Å². The Kier molecular flexibility index (Phi) is 6.50. The molecule has 162 valence electrons. The van der Waals surface area contributed by atoms with Gasteiger partial charge >= 0.3 is 12.1 Å². The van der Waals surface area contributed by atoms with Gasteiger partial charge in [0.25, 0.3) is 0 Å². The highest BCUT2D eigenvalue weighted by Gasteiger charge is 2.30. The lowest BCUT2D eigenvalue weighted by Gasteiger charge is -2.24. The number of hydrogen-bond acceptors (Lipinski definition) is 6. The van der Waals surface area contributed by atoms with E-state index in [1.165, 1.54) is 6.20 Å². The van der Waals surface area contributed by atoms with E-state index in [4.69, 9.17) is 9.47 Å². The van der Waals surface area contributed by atoms with E-state index in [0.717, 1.165) is 6.42 Å². The summed E-state index contributed by atoms with van der Waals surface area (Å²) in [5.74, 6) is -0.491. The van der Waals surface area contributed by atoms with Crippen molar-refractivity contribution in [1.29, 1.82) is 0 Å². The van der Waals surface area contributed by atoms with Crippen LogP contribution in [0.4, 0.5) is 4.79 Å². The minimum absolute atomic E-state index is 0.00977. The second-order valence-electron chi connectivity index (χ2n) is 8.35. The molecular weight excluding hydrogens is 454 g/mol. The molecule has 0 unspecified atom stereocenters. The second kappa shape index (κ2) is 8.75. The van der Waals surface area contributed by atoms with Gasteiger partial charge in [-0.05, 0) is 62.0 Å². The number of esters is 1. The molecule has 0 aromatic carbocycles. The number of halogens is 1. The predicted octanol–water partition coefficient (Wildman–Crippen LogP) is 3.59. The van der Waals surface area contributed by atoms with E-state index in [1.54, 1.807) is 24.1 Å². The van der Waals surface area contributed by atoms with Crippen LogP contribution >= 0.6 is 15.9 Å². The summed E-state index contributed by atoms with van der Waals surface area (Å²) in [5.41, 5.74) is -0.307. The van der Waals surface area contributed by atoms with Crippen molar-refractivity contribution in [3.8, 4) is 0 Å². The van der Waals surface area contributed by atoms with Crippen molar-refractivity contribution in [3.05, 3.63) is 38.9 Å². The molecule has 1 fully saturated rings. The maximum absolute atomic E-state index is 12.8. The molecule has 0 aliphatic carbocycles. The average Bonchev–Trinajstić information content (AvgIpc) is 3.11. The number of rotatable bonds is 4. The normalized spacial score (nSPS) is 16.7. The predicted molar refractivity (Wildman–Crippen MR) is 116 cm³/mol. The Morgan fingerprint density at radius 2 is 2.07 bits per heavy atom. The van der Waals surface area contributed by atoms with Gasteiger partial charge in [-0.1, -0.05) is 0 Å². The number of carbonyl (C=O) groups excluding carboxylic acids is 2. The number of amides is 1. The molecule has 1 atom stereocenters. The molecule has 9 heteroatoms. The summed E-state index contributed by atoms with van der Waals surface area (Å²) >= 11 is 3.29. The van der Waals surface area contributed by atoms with Crippen LogP contribution in [0.5, 0.6) is 0 Å². The Morgan fingerprint density at radius 1 is 1.33 bits per heavy atom. The highest BCUT2D eigenvalue weighted by molar-refractivity contribution is 9.10. The van der Waals surface area contributed by atoms with E-state index < -0.39 is 11.6 Å². The molecule has 1 saturated heterocycles. The number of aromatic nitrogens is 2. The number of likely N-dealkylation sites (tertiary alicyclic amines) is 1. The van der Waals surface area contributed by atoms with Crippen LogP contribution < -0.4 is 5.43 Å². The summed E-state index contributed by atoms with van der Waals surface area (Å²) in [7, 11) is 0. The largest absolute Gasteiger partial charge is 0.462 e. The van der Waals surface area contributed by atoms with Crippen molar-refractivity contribution in [3.63, 3.8) is 0 Å². The van der Waals surface area contributed by atoms with E-state index in [1.807, 2.05) is 25.3 Å². The van der Waals surface area contributed by atoms with Gasteiger partial charge in [-0.3, -0.25) is 4.79 Å². The van der Waals surface area contributed by atoms with Crippen LogP contribution in [0.15, 0.2) is 27.9 Å². The third kappa shape index (κ3) is 5.00. The highest BCUT2D eigenvalue weighted by Crippen LogP contribution is 2.23. The molecule has 2 aromatic rings. The highest BCUT2D eigenvalue weighted by atomic mass is 79.9. The van der Waals surface area contributed by atoms with Crippen molar-refractivity contribution in [1.82, 2.24) is 14.5 Å². The monoisotopic (exact) mass is 479 g/mol. The van der Waals surface area contributed by atoms with Crippen molar-refractivity contribution in [2.75, 3.05) is 19.7 Å². The molecule has 0 N–H and O–H groups in total. The van der Waals surface area contributed by atoms with E-state index in [0.29, 0.717) is 35.1 Å². The maximum Gasteiger partial charge on any atom is 0.410 e. The summed E-state index contributed by atoms with van der Waals surface area (Å²) in [4.78, 5) is 43.4. The second-order valence-corrected chi connectivity index (χ2v) is 9.16. The number of ether oxygens (including phenoxy) is 2. The number of nitrogens with zero attached hydrogens (tertiary/aromatic N) is 3. The molecule has 0 radical (unpaired) electrons. The molecule has 1 aliphatic heterocycles. The summed E-state index contributed by atoms with van der Waals surface area (Å²) < 4.78 is 12.9. The quantitative estimate of drug-likeness (QED) is 0.491. The molecule has 30 heavy (non-hydrogen) atoms. The van der Waals surface area contributed by atoms with Gasteiger partial charge < -0.3 is 18.9 Å². The van der Waals surface area contributed by atoms with Crippen LogP contribution in [0.2, 0.25) is 0 Å². The van der Waals surface area contributed by atoms with Crippen molar-refractivity contribution in [2.24, 2.45) is 5.92 Å². The topological polar surface area (TPSA) is 90.7 Å². The van der Waals surface area contributed by atoms with Gasteiger partial charge in [0.15, 0.2) is 0 Å². The fourth-order valence-corrected chi connectivity index (χ4v) is 3.85. The van der Waals surface area contributed by atoms with Gasteiger partial charge in [-0.15, -0.1) is 0 Å². The minimum Gasteiger partial charge on any atom is -0.462 e. The zero-order valence-electron chi connectivity index (χ0n) is 17.6. The lowest BCUT2D eigenvalue weighted by atomic mass is 10.1. The van der Waals surface area contributed by atoms with E-state index >= 15 is 0 Å². The van der Waals surface area contributed by atoms with Crippen molar-refractivity contribution in [2.45, 2.75) is 46.3 Å². The van der Waals surface area contributed by atoms with Gasteiger partial charge in [-0.25, -0.2) is 14.6 Å². The Balaban J connectivity index is 1.89. The first kappa shape index (κ1) is 22.3. The van der Waals surface area contributed by atoms with E-state index in [9.17, 15) is 14.4 Å². The lowest BCUT2D eigenvalue weighted by Crippen LogP contribution is -2.35. The summed E-state index contributed by atoms with van der Waals surface area (Å²) in [6, 6.07) is 1.61. The molecule has 2 aromatic heterocycles. The van der Waals surface area contributed by atoms with Gasteiger partial charge in [0.2, 0.25) is 5.43 Å². The van der Waals surface area contributed by atoms with E-state index in [-0.39, 0.29) is 29.6 Å². The summed E-state index contributed by atoms with van der Waals surface area (Å²) in [5, 5.41) is 0.393. The van der Waals surface area contributed by atoms with Crippen LogP contribution in [-0.2, 0) is 16.0 Å². The van der Waals surface area contributed by atoms with Gasteiger partial charge in [-0.2, -0.15) is 0 Å². The number of hydrogen-bond donors (Lipinski definition) is 0. The molecule has 1 aliphatic rings. The summed E-state index contributed by atoms with van der Waals surface area (Å²) in [6.45, 7) is 9.08. The molecule has 1 amide bonds. The van der Waals surface area contributed by atoms with Gasteiger partial charge in [0.1, 0.15) is 15.8 Å². The van der Waals surface area contributed by atoms with Gasteiger partial charge in [0, 0.05) is 25.8 Å². The van der Waals surface area contributed by atoms with Crippen LogP contribution in [0.3, 0.4) is 0 Å². The smallest absolute Gasteiger partial charge is 0.410 e. The van der Waals surface area contributed by atoms with Crippen LogP contribution in [-0.4, -0.2) is 51.8 Å². The fraction of sp³-hybridized carbons (Fsp3) is 0.524. The molecule has 8 nitrogen and oxygen atoms in total. The average molecular weight is 480 g/mol. The minimum atomic E-state index is -0.645. The Hall–Kier alpha value is -2.42. The standard InChI is InChI=1S/C21H26BrN3O5/c1-5-29-19(27)15-12-25(16-9-23-17(22)8-14(16)18(15)26)11-13-6-7-24(10-13)20(28)30-21(2,3)4/h8-9,12-13H,5-7,10-11H2,1-4H3/t13-/m1/s1. The summed E-state index contributed by atoms with van der Waals surface area (Å²) in [6.07, 6.45) is 3.61. The number of fused-ring (bicyclic) bond motifs is 1. The first-order valence-electron chi connectivity index (χ1n) is 9.92. The fourth-order valence-electron chi connectivity index (χ4n) is 3.52. The molecule has 0 bridgehead atoms. The maximum atomic E-state index is 12.8. The Morgan fingerprint density at radius 3 is 2.73 bits per heavy atom. The Bertz CT molecular complexity index is 1030. The van der Waals surface area contributed by atoms with Crippen LogP contribution in [0.25, 0.3) is 10.9 Å². The van der Waals surface area contributed by atoms with Crippen molar-refractivity contribution < 1.29 is 19.1 Å². The lowest BCUT2D eigenvalue weighted by molar-refractivity contribution is 0.0287. The molecule has 0 spiro atoms. The first-order chi connectivity index (χ1) is 14.1. The Labute approximate surface area is 183 Å². The molecule has 3 heterocycles. The SMILES string of the molecule is CCOC(=O)c1cn(C[C@@H]2CCN(C(=O)OC(C)(C)C)C2)c2cnc(Br)cc2c1=O. The third-order valence-electron chi connectivity index (χ3n) is 4.82. The molecule has 3 rings (SSSR count). The zero-order valence-corrected chi connectivity index (χ0v) is 19.2. The number of pyridine rings is 2. The molecular formula is C21H26BrN3O5. The third-order valence-corrected chi connectivity index (χ3v) is 5.25. The first-order valence-corrected chi connectivity index (χ1v) is 10.7. The number of carbonyl (C=O) groups is 2. The zero-order chi connectivity index (χ0) is 22.1. The van der Waals surface area contributed by atoms with Gasteiger partial charge in [0.05, 0.1) is 23.7 Å².